The van der Waals surface area contributed by atoms with E-state index in [9.17, 15) is 14.0 Å². The van der Waals surface area contributed by atoms with E-state index in [4.69, 9.17) is 10.7 Å². The minimum absolute atomic E-state index is 0.292. The Kier molecular flexibility index (Phi) is 7.97. The highest BCUT2D eigenvalue weighted by Crippen LogP contribution is 2.31. The molecule has 3 aromatic carbocycles. The second-order valence-electron chi connectivity index (χ2n) is 9.45. The van der Waals surface area contributed by atoms with Crippen molar-refractivity contribution in [2.75, 3.05) is 54.9 Å². The molecule has 0 spiro atoms. The third-order valence-corrected chi connectivity index (χ3v) is 6.89. The second-order valence-corrected chi connectivity index (χ2v) is 9.45. The molecule has 0 saturated carbocycles. The number of fused-ring (bicyclic) bond motifs is 1. The molecule has 1 fully saturated rings. The van der Waals surface area contributed by atoms with Crippen LogP contribution in [-0.2, 0) is 4.79 Å². The third-order valence-electron chi connectivity index (χ3n) is 6.89. The van der Waals surface area contributed by atoms with Crippen LogP contribution in [0.15, 0.2) is 79.5 Å². The van der Waals surface area contributed by atoms with E-state index in [1.54, 1.807) is 24.4 Å². The Labute approximate surface area is 231 Å². The van der Waals surface area contributed by atoms with Gasteiger partial charge in [0.05, 0.1) is 16.8 Å². The fourth-order valence-corrected chi connectivity index (χ4v) is 4.82. The van der Waals surface area contributed by atoms with E-state index in [2.05, 4.69) is 32.0 Å². The standard InChI is InChI=1S/C30H30FN7O2/c1-2-27(39)34-22-7-3-5-20(17-22)24-8-4-6-21-19-33-30(36-28(21)24)35-26-10-9-23(18-25(26)29(32)40)38-15-13-37(12-11-31)14-16-38/h2-10,17-19H,1,11-16H2,(H2,32,40)(H,34,39)(H,33,35,36). The molecule has 0 atom stereocenters. The molecule has 9 nitrogen and oxygen atoms in total. The van der Waals surface area contributed by atoms with Gasteiger partial charge in [0.2, 0.25) is 11.9 Å². The first-order valence-electron chi connectivity index (χ1n) is 13.0. The van der Waals surface area contributed by atoms with Crippen LogP contribution in [0.1, 0.15) is 10.4 Å². The quantitative estimate of drug-likeness (QED) is 0.271. The number of carbonyl (C=O) groups is 2. The molecule has 0 aliphatic carbocycles. The summed E-state index contributed by atoms with van der Waals surface area (Å²) in [4.78, 5) is 37.6. The minimum Gasteiger partial charge on any atom is -0.369 e. The topological polar surface area (TPSA) is 116 Å². The van der Waals surface area contributed by atoms with Crippen LogP contribution in [0.5, 0.6) is 0 Å². The van der Waals surface area contributed by atoms with Crippen LogP contribution in [-0.4, -0.2) is 66.1 Å². The number of piperazine rings is 1. The van der Waals surface area contributed by atoms with Crippen LogP contribution >= 0.6 is 0 Å². The van der Waals surface area contributed by atoms with Crippen molar-refractivity contribution in [2.24, 2.45) is 5.73 Å². The molecule has 1 saturated heterocycles. The van der Waals surface area contributed by atoms with Gasteiger partial charge < -0.3 is 21.3 Å². The van der Waals surface area contributed by atoms with Gasteiger partial charge in [-0.25, -0.2) is 14.4 Å². The van der Waals surface area contributed by atoms with Gasteiger partial charge in [-0.05, 0) is 42.0 Å². The predicted molar refractivity (Wildman–Crippen MR) is 157 cm³/mol. The molecule has 0 unspecified atom stereocenters. The molecule has 2 amide bonds. The van der Waals surface area contributed by atoms with Crippen molar-refractivity contribution in [1.29, 1.82) is 0 Å². The van der Waals surface area contributed by atoms with Crippen LogP contribution in [0.2, 0.25) is 0 Å². The molecule has 1 aromatic heterocycles. The van der Waals surface area contributed by atoms with Crippen LogP contribution in [0.25, 0.3) is 22.0 Å². The lowest BCUT2D eigenvalue weighted by atomic mass is 10.0. The summed E-state index contributed by atoms with van der Waals surface area (Å²) in [6, 6.07) is 18.7. The van der Waals surface area contributed by atoms with Crippen molar-refractivity contribution in [2.45, 2.75) is 0 Å². The maximum Gasteiger partial charge on any atom is 0.250 e. The van der Waals surface area contributed by atoms with E-state index in [1.807, 2.05) is 42.5 Å². The summed E-state index contributed by atoms with van der Waals surface area (Å²) in [6.45, 7) is 6.56. The van der Waals surface area contributed by atoms with Crippen molar-refractivity contribution in [1.82, 2.24) is 14.9 Å². The number of halogens is 1. The Morgan fingerprint density at radius 3 is 2.60 bits per heavy atom. The fraction of sp³-hybridized carbons (Fsp3) is 0.200. The molecule has 0 bridgehead atoms. The number of hydrogen-bond acceptors (Lipinski definition) is 7. The average molecular weight is 540 g/mol. The molecule has 0 radical (unpaired) electrons. The number of benzene rings is 3. The number of hydrogen-bond donors (Lipinski definition) is 3. The zero-order valence-corrected chi connectivity index (χ0v) is 21.9. The smallest absolute Gasteiger partial charge is 0.250 e. The number of aromatic nitrogens is 2. The lowest BCUT2D eigenvalue weighted by molar-refractivity contribution is -0.111. The maximum absolute atomic E-state index is 12.7. The van der Waals surface area contributed by atoms with Crippen LogP contribution in [0.3, 0.4) is 0 Å². The second kappa shape index (κ2) is 11.9. The molecular formula is C30H30FN7O2. The first-order valence-corrected chi connectivity index (χ1v) is 13.0. The number of para-hydroxylation sites is 1. The summed E-state index contributed by atoms with van der Waals surface area (Å²) >= 11 is 0. The number of nitrogens with one attached hydrogen (secondary N) is 2. The largest absolute Gasteiger partial charge is 0.369 e. The van der Waals surface area contributed by atoms with Gasteiger partial charge in [-0.1, -0.05) is 36.9 Å². The molecular weight excluding hydrogens is 509 g/mol. The van der Waals surface area contributed by atoms with Crippen molar-refractivity contribution in [3.63, 3.8) is 0 Å². The van der Waals surface area contributed by atoms with E-state index < -0.39 is 5.91 Å². The Bertz CT molecular complexity index is 1570. The molecule has 1 aliphatic rings. The predicted octanol–water partition coefficient (Wildman–Crippen LogP) is 4.36. The van der Waals surface area contributed by atoms with Crippen LogP contribution in [0.4, 0.5) is 27.4 Å². The van der Waals surface area contributed by atoms with Gasteiger partial charge in [-0.2, -0.15) is 0 Å². The van der Waals surface area contributed by atoms with E-state index in [0.717, 1.165) is 48.4 Å². The summed E-state index contributed by atoms with van der Waals surface area (Å²) < 4.78 is 12.7. The van der Waals surface area contributed by atoms with Crippen LogP contribution < -0.4 is 21.3 Å². The molecule has 1 aliphatic heterocycles. The number of carbonyl (C=O) groups excluding carboxylic acids is 2. The zero-order chi connectivity index (χ0) is 28.1. The first kappa shape index (κ1) is 26.8. The monoisotopic (exact) mass is 539 g/mol. The number of alkyl halides is 1. The summed E-state index contributed by atoms with van der Waals surface area (Å²) in [5, 5.41) is 6.78. The Morgan fingerprint density at radius 1 is 1.05 bits per heavy atom. The number of nitrogens with zero attached hydrogens (tertiary/aromatic N) is 4. The SMILES string of the molecule is C=CC(=O)Nc1cccc(-c2cccc3cnc(Nc4ccc(N5CCN(CCF)CC5)cc4C(N)=O)nc23)c1. The summed E-state index contributed by atoms with van der Waals surface area (Å²) in [6.07, 6.45) is 2.93. The minimum atomic E-state index is -0.569. The highest BCUT2D eigenvalue weighted by Gasteiger charge is 2.19. The molecule has 4 aromatic rings. The lowest BCUT2D eigenvalue weighted by Crippen LogP contribution is -2.47. The molecule has 204 valence electrons. The summed E-state index contributed by atoms with van der Waals surface area (Å²) in [7, 11) is 0. The number of rotatable bonds is 9. The van der Waals surface area contributed by atoms with E-state index in [0.29, 0.717) is 34.9 Å². The van der Waals surface area contributed by atoms with Crippen molar-refractivity contribution in [3.8, 4) is 11.1 Å². The average Bonchev–Trinajstić information content (AvgIpc) is 2.97. The van der Waals surface area contributed by atoms with Gasteiger partial charge in [-0.3, -0.25) is 14.5 Å². The Morgan fingerprint density at radius 2 is 1.85 bits per heavy atom. The number of amides is 2. The Balaban J connectivity index is 1.43. The number of anilines is 4. The van der Waals surface area contributed by atoms with Gasteiger partial charge in [0.1, 0.15) is 6.67 Å². The summed E-state index contributed by atoms with van der Waals surface area (Å²) in [5.74, 6) is -0.550. The molecule has 40 heavy (non-hydrogen) atoms. The number of nitrogens with two attached hydrogens (primary N) is 1. The number of primary amides is 1. The lowest BCUT2D eigenvalue weighted by Gasteiger charge is -2.35. The van der Waals surface area contributed by atoms with Gasteiger partial charge in [-0.15, -0.1) is 0 Å². The maximum atomic E-state index is 12.7. The van der Waals surface area contributed by atoms with E-state index in [-0.39, 0.29) is 12.6 Å². The van der Waals surface area contributed by atoms with E-state index >= 15 is 0 Å². The molecule has 2 heterocycles. The van der Waals surface area contributed by atoms with Gasteiger partial charge in [0.25, 0.3) is 5.91 Å². The first-order chi connectivity index (χ1) is 19.4. The van der Waals surface area contributed by atoms with Crippen molar-refractivity contribution >= 4 is 45.7 Å². The van der Waals surface area contributed by atoms with Crippen molar-refractivity contribution in [3.05, 3.63) is 85.1 Å². The zero-order valence-electron chi connectivity index (χ0n) is 21.9. The molecule has 5 rings (SSSR count). The third kappa shape index (κ3) is 5.92. The highest BCUT2D eigenvalue weighted by atomic mass is 19.1. The molecule has 10 heteroatoms. The van der Waals surface area contributed by atoms with Gasteiger partial charge >= 0.3 is 0 Å². The van der Waals surface area contributed by atoms with Crippen molar-refractivity contribution < 1.29 is 14.0 Å². The van der Waals surface area contributed by atoms with Crippen LogP contribution in [0, 0.1) is 0 Å². The fourth-order valence-electron chi connectivity index (χ4n) is 4.82. The summed E-state index contributed by atoms with van der Waals surface area (Å²) in [5.41, 5.74) is 10.5. The van der Waals surface area contributed by atoms with E-state index in [1.165, 1.54) is 6.08 Å². The normalized spacial score (nSPS) is 13.7. The Hall–Kier alpha value is -4.83. The van der Waals surface area contributed by atoms with Gasteiger partial charge in [0.15, 0.2) is 0 Å². The molecule has 4 N–H and O–H groups in total. The highest BCUT2D eigenvalue weighted by molar-refractivity contribution is 6.01. The van der Waals surface area contributed by atoms with Gasteiger partial charge in [0, 0.05) is 61.2 Å².